The number of amides is 2. The Morgan fingerprint density at radius 2 is 1.88 bits per heavy atom. The zero-order chi connectivity index (χ0) is 28.7. The fraction of sp³-hybridized carbons (Fsp3) is 0.355. The molecule has 0 atom stereocenters. The van der Waals surface area contributed by atoms with Gasteiger partial charge in [-0.2, -0.15) is 0 Å². The Morgan fingerprint density at radius 3 is 2.66 bits per heavy atom. The lowest BCUT2D eigenvalue weighted by Crippen LogP contribution is -2.34. The van der Waals surface area contributed by atoms with E-state index in [1.54, 1.807) is 18.2 Å². The summed E-state index contributed by atoms with van der Waals surface area (Å²) in [6, 6.07) is 12.3. The maximum Gasteiger partial charge on any atom is 0.264 e. The highest BCUT2D eigenvalue weighted by Gasteiger charge is 2.33. The standard InChI is InChI=1S/C31H35N5O4S/c1-3-25-29(31(38)32-13-17-35-14-6-7-15-35)20(2)27(33-25)19-24-23-18-22(10-11-26(23)34-30(24)37)41(39,40)36-16-12-21-8-4-5-9-28(21)36/h4-5,8-11,18-19,33H,3,6-7,12-17H2,1-2H3,(H,32,38)(H,34,37)/b24-19-. The number of rotatable bonds is 8. The van der Waals surface area contributed by atoms with Crippen molar-refractivity contribution in [2.45, 2.75) is 44.4 Å². The van der Waals surface area contributed by atoms with Crippen LogP contribution in [0.25, 0.3) is 11.6 Å². The van der Waals surface area contributed by atoms with Gasteiger partial charge in [0.1, 0.15) is 0 Å². The van der Waals surface area contributed by atoms with Crippen LogP contribution >= 0.6 is 0 Å². The Balaban J connectivity index is 1.29. The molecular formula is C31H35N5O4S. The van der Waals surface area contributed by atoms with Gasteiger partial charge in [0, 0.05) is 42.3 Å². The summed E-state index contributed by atoms with van der Waals surface area (Å²) in [5.74, 6) is -0.445. The van der Waals surface area contributed by atoms with E-state index in [1.807, 2.05) is 38.1 Å². The van der Waals surface area contributed by atoms with Crippen LogP contribution in [0.1, 0.15) is 58.2 Å². The van der Waals surface area contributed by atoms with E-state index in [4.69, 9.17) is 0 Å². The fourth-order valence-corrected chi connectivity index (χ4v) is 7.65. The molecule has 4 heterocycles. The molecular weight excluding hydrogens is 538 g/mol. The molecule has 0 radical (unpaired) electrons. The van der Waals surface area contributed by atoms with E-state index < -0.39 is 10.0 Å². The number of sulfonamides is 1. The summed E-state index contributed by atoms with van der Waals surface area (Å²) in [5, 5.41) is 5.91. The van der Waals surface area contributed by atoms with Crippen molar-refractivity contribution in [1.82, 2.24) is 15.2 Å². The van der Waals surface area contributed by atoms with Crippen LogP contribution in [0.15, 0.2) is 47.4 Å². The number of aromatic amines is 1. The number of anilines is 2. The first-order chi connectivity index (χ1) is 19.8. The van der Waals surface area contributed by atoms with Gasteiger partial charge in [-0.15, -0.1) is 0 Å². The van der Waals surface area contributed by atoms with Crippen molar-refractivity contribution >= 4 is 44.9 Å². The van der Waals surface area contributed by atoms with Gasteiger partial charge in [0.05, 0.1) is 21.7 Å². The summed E-state index contributed by atoms with van der Waals surface area (Å²) >= 11 is 0. The average molecular weight is 574 g/mol. The fourth-order valence-electron chi connectivity index (χ4n) is 6.12. The molecule has 2 amide bonds. The smallest absolute Gasteiger partial charge is 0.264 e. The average Bonchev–Trinajstić information content (AvgIpc) is 3.75. The third-order valence-electron chi connectivity index (χ3n) is 8.35. The lowest BCUT2D eigenvalue weighted by molar-refractivity contribution is -0.110. The number of carbonyl (C=O) groups excluding carboxylic acids is 2. The monoisotopic (exact) mass is 573 g/mol. The van der Waals surface area contributed by atoms with E-state index in [0.717, 1.165) is 36.5 Å². The van der Waals surface area contributed by atoms with Gasteiger partial charge in [0.25, 0.3) is 21.8 Å². The van der Waals surface area contributed by atoms with Crippen LogP contribution in [0.3, 0.4) is 0 Å². The number of fused-ring (bicyclic) bond motifs is 2. The Hall–Kier alpha value is -3.89. The number of para-hydroxylation sites is 1. The first-order valence-corrected chi connectivity index (χ1v) is 15.7. The first-order valence-electron chi connectivity index (χ1n) is 14.3. The SMILES string of the molecule is CCc1[nH]c(/C=C2\C(=O)Nc3ccc(S(=O)(=O)N4CCc5ccccc54)cc32)c(C)c1C(=O)NCCN1CCCC1. The van der Waals surface area contributed by atoms with Crippen molar-refractivity contribution in [3.63, 3.8) is 0 Å². The van der Waals surface area contributed by atoms with Crippen LogP contribution in [0.4, 0.5) is 11.4 Å². The molecule has 0 saturated carbocycles. The zero-order valence-corrected chi connectivity index (χ0v) is 24.2. The minimum atomic E-state index is -3.83. The number of benzene rings is 2. The quantitative estimate of drug-likeness (QED) is 0.353. The molecule has 3 N–H and O–H groups in total. The number of aromatic nitrogens is 1. The summed E-state index contributed by atoms with van der Waals surface area (Å²) < 4.78 is 28.8. The molecule has 214 valence electrons. The van der Waals surface area contributed by atoms with Crippen molar-refractivity contribution in [3.05, 3.63) is 76.1 Å². The van der Waals surface area contributed by atoms with E-state index in [0.29, 0.717) is 59.7 Å². The van der Waals surface area contributed by atoms with E-state index in [-0.39, 0.29) is 16.7 Å². The summed E-state index contributed by atoms with van der Waals surface area (Å²) in [6.07, 6.45) is 5.42. The summed E-state index contributed by atoms with van der Waals surface area (Å²) in [7, 11) is -3.83. The summed E-state index contributed by atoms with van der Waals surface area (Å²) in [4.78, 5) is 32.1. The van der Waals surface area contributed by atoms with Gasteiger partial charge in [-0.05, 0) is 87.2 Å². The van der Waals surface area contributed by atoms with Crippen LogP contribution in [-0.4, -0.2) is 62.8 Å². The highest BCUT2D eigenvalue weighted by atomic mass is 32.2. The number of H-pyrrole nitrogens is 1. The second kappa shape index (κ2) is 10.8. The van der Waals surface area contributed by atoms with E-state index >= 15 is 0 Å². The number of hydrogen-bond donors (Lipinski definition) is 3. The lowest BCUT2D eigenvalue weighted by atomic mass is 10.0. The van der Waals surface area contributed by atoms with Gasteiger partial charge in [-0.25, -0.2) is 8.42 Å². The topological polar surface area (TPSA) is 115 Å². The zero-order valence-electron chi connectivity index (χ0n) is 23.4. The molecule has 41 heavy (non-hydrogen) atoms. The minimum absolute atomic E-state index is 0.130. The van der Waals surface area contributed by atoms with Gasteiger partial charge in [-0.1, -0.05) is 25.1 Å². The van der Waals surface area contributed by atoms with E-state index in [9.17, 15) is 18.0 Å². The highest BCUT2D eigenvalue weighted by molar-refractivity contribution is 7.92. The molecule has 3 aromatic rings. The number of likely N-dealkylation sites (tertiary alicyclic amines) is 1. The Kier molecular flexibility index (Phi) is 7.21. The third-order valence-corrected chi connectivity index (χ3v) is 10.2. The van der Waals surface area contributed by atoms with Crippen molar-refractivity contribution < 1.29 is 18.0 Å². The van der Waals surface area contributed by atoms with Gasteiger partial charge >= 0.3 is 0 Å². The second-order valence-electron chi connectivity index (χ2n) is 10.9. The molecule has 10 heteroatoms. The molecule has 0 spiro atoms. The minimum Gasteiger partial charge on any atom is -0.358 e. The predicted molar refractivity (Wildman–Crippen MR) is 161 cm³/mol. The number of hydrogen-bond acceptors (Lipinski definition) is 5. The third kappa shape index (κ3) is 4.95. The van der Waals surface area contributed by atoms with Gasteiger partial charge in [-0.3, -0.25) is 13.9 Å². The number of nitrogens with zero attached hydrogens (tertiary/aromatic N) is 2. The van der Waals surface area contributed by atoms with Crippen LogP contribution in [0.5, 0.6) is 0 Å². The first kappa shape index (κ1) is 27.3. The Labute approximate surface area is 240 Å². The maximum absolute atomic E-state index is 13.7. The maximum atomic E-state index is 13.7. The molecule has 1 fully saturated rings. The summed E-state index contributed by atoms with van der Waals surface area (Å²) in [5.41, 5.74) is 5.94. The lowest BCUT2D eigenvalue weighted by Gasteiger charge is -2.20. The van der Waals surface area contributed by atoms with Gasteiger partial charge in [0.2, 0.25) is 0 Å². The van der Waals surface area contributed by atoms with Gasteiger partial charge < -0.3 is 20.5 Å². The van der Waals surface area contributed by atoms with E-state index in [2.05, 4.69) is 20.5 Å². The molecule has 3 aliphatic heterocycles. The summed E-state index contributed by atoms with van der Waals surface area (Å²) in [6.45, 7) is 7.80. The number of carbonyl (C=O) groups is 2. The van der Waals surface area contributed by atoms with Gasteiger partial charge in [0.15, 0.2) is 0 Å². The van der Waals surface area contributed by atoms with Crippen molar-refractivity contribution in [2.24, 2.45) is 0 Å². The highest BCUT2D eigenvalue weighted by Crippen LogP contribution is 2.38. The molecule has 0 bridgehead atoms. The Bertz CT molecular complexity index is 1670. The van der Waals surface area contributed by atoms with E-state index in [1.165, 1.54) is 23.2 Å². The molecule has 2 aromatic carbocycles. The number of nitrogens with one attached hydrogen (secondary N) is 3. The van der Waals surface area contributed by atoms with Crippen molar-refractivity contribution in [2.75, 3.05) is 42.3 Å². The Morgan fingerprint density at radius 1 is 1.10 bits per heavy atom. The molecule has 6 rings (SSSR count). The molecule has 0 unspecified atom stereocenters. The predicted octanol–water partition coefficient (Wildman–Crippen LogP) is 3.96. The number of aryl methyl sites for hydroxylation is 1. The largest absolute Gasteiger partial charge is 0.358 e. The van der Waals surface area contributed by atoms with Crippen LogP contribution < -0.4 is 14.9 Å². The second-order valence-corrected chi connectivity index (χ2v) is 12.7. The molecule has 0 aliphatic carbocycles. The molecule has 1 saturated heterocycles. The van der Waals surface area contributed by atoms with Crippen LogP contribution in [-0.2, 0) is 27.7 Å². The van der Waals surface area contributed by atoms with Crippen LogP contribution in [0.2, 0.25) is 0 Å². The van der Waals surface area contributed by atoms with Crippen molar-refractivity contribution in [3.8, 4) is 0 Å². The van der Waals surface area contributed by atoms with Crippen LogP contribution in [0, 0.1) is 6.92 Å². The molecule has 3 aliphatic rings. The van der Waals surface area contributed by atoms with Crippen molar-refractivity contribution in [1.29, 1.82) is 0 Å². The normalized spacial score (nSPS) is 17.7. The molecule has 1 aromatic heterocycles. The molecule has 9 nitrogen and oxygen atoms in total.